The van der Waals surface area contributed by atoms with Gasteiger partial charge in [0.15, 0.2) is 5.78 Å². The van der Waals surface area contributed by atoms with Gasteiger partial charge in [-0.15, -0.1) is 0 Å². The van der Waals surface area contributed by atoms with E-state index in [4.69, 9.17) is 0 Å². The lowest BCUT2D eigenvalue weighted by molar-refractivity contribution is 0.0422. The molecule has 0 aliphatic rings. The molecule has 0 atom stereocenters. The van der Waals surface area contributed by atoms with Gasteiger partial charge < -0.3 is 0 Å². The summed E-state index contributed by atoms with van der Waals surface area (Å²) in [5.74, 6) is -3.35. The molecule has 0 saturated carbocycles. The SMILES string of the molecule is CCCCCCCCCC(F)(F)/C=C/C(=O)c1cccnc1. The van der Waals surface area contributed by atoms with Crippen LogP contribution < -0.4 is 0 Å². The number of halogens is 2. The average Bonchev–Trinajstić information content (AvgIpc) is 2.52. The van der Waals surface area contributed by atoms with Crippen molar-refractivity contribution in [1.82, 2.24) is 4.98 Å². The highest BCUT2D eigenvalue weighted by Crippen LogP contribution is 2.24. The molecule has 1 rings (SSSR count). The van der Waals surface area contributed by atoms with E-state index < -0.39 is 11.7 Å². The van der Waals surface area contributed by atoms with Crippen LogP contribution in [0.5, 0.6) is 0 Å². The number of rotatable bonds is 11. The lowest BCUT2D eigenvalue weighted by Gasteiger charge is -2.11. The van der Waals surface area contributed by atoms with Gasteiger partial charge in [-0.05, 0) is 30.7 Å². The highest BCUT2D eigenvalue weighted by molar-refractivity contribution is 6.04. The molecule has 0 fully saturated rings. The van der Waals surface area contributed by atoms with Gasteiger partial charge in [-0.1, -0.05) is 45.4 Å². The molecule has 2 nitrogen and oxygen atoms in total. The summed E-state index contributed by atoms with van der Waals surface area (Å²) in [5.41, 5.74) is 0.325. The van der Waals surface area contributed by atoms with Gasteiger partial charge in [-0.25, -0.2) is 8.78 Å². The normalized spacial score (nSPS) is 12.0. The van der Waals surface area contributed by atoms with Crippen molar-refractivity contribution >= 4 is 5.78 Å². The minimum absolute atomic E-state index is 0.197. The first-order chi connectivity index (χ1) is 10.5. The van der Waals surface area contributed by atoms with Crippen LogP contribution in [0.2, 0.25) is 0 Å². The molecule has 4 heteroatoms. The predicted octanol–water partition coefficient (Wildman–Crippen LogP) is 5.60. The number of ketones is 1. The fourth-order valence-corrected chi connectivity index (χ4v) is 2.20. The zero-order valence-electron chi connectivity index (χ0n) is 13.2. The second kappa shape index (κ2) is 10.2. The van der Waals surface area contributed by atoms with Gasteiger partial charge in [0.2, 0.25) is 0 Å². The number of carbonyl (C=O) groups excluding carboxylic acids is 1. The monoisotopic (exact) mass is 309 g/mol. The van der Waals surface area contributed by atoms with E-state index in [9.17, 15) is 13.6 Å². The summed E-state index contributed by atoms with van der Waals surface area (Å²) in [4.78, 5) is 15.5. The van der Waals surface area contributed by atoms with E-state index >= 15 is 0 Å². The number of hydrogen-bond acceptors (Lipinski definition) is 2. The smallest absolute Gasteiger partial charge is 0.266 e. The van der Waals surface area contributed by atoms with Crippen molar-refractivity contribution in [2.75, 3.05) is 0 Å². The van der Waals surface area contributed by atoms with Crippen LogP contribution in [-0.2, 0) is 0 Å². The average molecular weight is 309 g/mol. The Morgan fingerprint density at radius 3 is 2.50 bits per heavy atom. The second-order valence-electron chi connectivity index (χ2n) is 5.57. The molecule has 122 valence electrons. The Bertz CT molecular complexity index is 457. The third-order valence-corrected chi connectivity index (χ3v) is 3.54. The molecule has 1 aromatic heterocycles. The Balaban J connectivity index is 2.28. The molecule has 0 radical (unpaired) electrons. The summed E-state index contributed by atoms with van der Waals surface area (Å²) < 4.78 is 27.4. The Labute approximate surface area is 131 Å². The molecule has 0 amide bonds. The van der Waals surface area contributed by atoms with Crippen LogP contribution in [0.1, 0.15) is 68.6 Å². The van der Waals surface area contributed by atoms with Crippen LogP contribution in [0.4, 0.5) is 8.78 Å². The lowest BCUT2D eigenvalue weighted by Crippen LogP contribution is -2.12. The molecule has 0 unspecified atom stereocenters. The van der Waals surface area contributed by atoms with E-state index in [1.54, 1.807) is 12.1 Å². The third kappa shape index (κ3) is 8.01. The molecule has 22 heavy (non-hydrogen) atoms. The maximum Gasteiger partial charge on any atom is 0.266 e. The molecule has 0 saturated heterocycles. The summed E-state index contributed by atoms with van der Waals surface area (Å²) in [7, 11) is 0. The van der Waals surface area contributed by atoms with Gasteiger partial charge in [0.25, 0.3) is 5.92 Å². The number of carbonyl (C=O) groups is 1. The number of unbranched alkanes of at least 4 members (excludes halogenated alkanes) is 6. The first-order valence-electron chi connectivity index (χ1n) is 8.06. The Kier molecular flexibility index (Phi) is 8.56. The largest absolute Gasteiger partial charge is 0.289 e. The summed E-state index contributed by atoms with van der Waals surface area (Å²) in [5, 5.41) is 0. The van der Waals surface area contributed by atoms with Crippen LogP contribution in [-0.4, -0.2) is 16.7 Å². The first-order valence-corrected chi connectivity index (χ1v) is 8.06. The van der Waals surface area contributed by atoms with E-state index in [-0.39, 0.29) is 6.42 Å². The minimum Gasteiger partial charge on any atom is -0.289 e. The van der Waals surface area contributed by atoms with Crippen molar-refractivity contribution in [3.63, 3.8) is 0 Å². The zero-order valence-corrected chi connectivity index (χ0v) is 13.2. The number of alkyl halides is 2. The number of allylic oxidation sites excluding steroid dienone is 2. The molecule has 0 bridgehead atoms. The van der Waals surface area contributed by atoms with Gasteiger partial charge in [0.1, 0.15) is 0 Å². The third-order valence-electron chi connectivity index (χ3n) is 3.54. The van der Waals surface area contributed by atoms with Crippen LogP contribution >= 0.6 is 0 Å². The van der Waals surface area contributed by atoms with Crippen LogP contribution in [0, 0.1) is 0 Å². The zero-order chi connectivity index (χ0) is 16.3. The number of pyridine rings is 1. The minimum atomic E-state index is -2.92. The van der Waals surface area contributed by atoms with E-state index in [2.05, 4.69) is 11.9 Å². The van der Waals surface area contributed by atoms with Crippen molar-refractivity contribution in [2.24, 2.45) is 0 Å². The topological polar surface area (TPSA) is 30.0 Å². The van der Waals surface area contributed by atoms with Gasteiger partial charge in [-0.2, -0.15) is 0 Å². The first kappa shape index (κ1) is 18.5. The van der Waals surface area contributed by atoms with E-state index in [0.29, 0.717) is 12.0 Å². The summed E-state index contributed by atoms with van der Waals surface area (Å²) >= 11 is 0. The van der Waals surface area contributed by atoms with Gasteiger partial charge in [0.05, 0.1) is 0 Å². The van der Waals surface area contributed by atoms with Gasteiger partial charge in [0, 0.05) is 24.4 Å². The quantitative estimate of drug-likeness (QED) is 0.303. The summed E-state index contributed by atoms with van der Waals surface area (Å²) in [6.45, 7) is 2.15. The highest BCUT2D eigenvalue weighted by Gasteiger charge is 2.24. The van der Waals surface area contributed by atoms with E-state index in [0.717, 1.165) is 31.4 Å². The molecule has 0 N–H and O–H groups in total. The fraction of sp³-hybridized carbons (Fsp3) is 0.556. The van der Waals surface area contributed by atoms with Crippen molar-refractivity contribution in [2.45, 2.75) is 64.2 Å². The maximum absolute atomic E-state index is 13.7. The van der Waals surface area contributed by atoms with Gasteiger partial charge in [-0.3, -0.25) is 9.78 Å². The number of aromatic nitrogens is 1. The Hall–Kier alpha value is -1.58. The lowest BCUT2D eigenvalue weighted by atomic mass is 10.0. The molecular formula is C18H25F2NO. The molecular weight excluding hydrogens is 284 g/mol. The summed E-state index contributed by atoms with van der Waals surface area (Å²) in [6.07, 6.45) is 11.4. The molecule has 0 aliphatic carbocycles. The van der Waals surface area contributed by atoms with Crippen LogP contribution in [0.25, 0.3) is 0 Å². The fourth-order valence-electron chi connectivity index (χ4n) is 2.20. The predicted molar refractivity (Wildman–Crippen MR) is 85.3 cm³/mol. The maximum atomic E-state index is 13.7. The Morgan fingerprint density at radius 2 is 1.86 bits per heavy atom. The van der Waals surface area contributed by atoms with Crippen LogP contribution in [0.3, 0.4) is 0 Å². The second-order valence-corrected chi connectivity index (χ2v) is 5.57. The standard InChI is InChI=1S/C18H25F2NO/c1-2-3-4-5-6-7-8-12-18(19,20)13-11-17(22)16-10-9-14-21-15-16/h9-11,13-15H,2-8,12H2,1H3/b13-11+. The van der Waals surface area contributed by atoms with Crippen LogP contribution in [0.15, 0.2) is 36.7 Å². The van der Waals surface area contributed by atoms with Crippen molar-refractivity contribution in [3.05, 3.63) is 42.2 Å². The van der Waals surface area contributed by atoms with E-state index in [1.807, 2.05) is 0 Å². The molecule has 1 aromatic rings. The van der Waals surface area contributed by atoms with Gasteiger partial charge >= 0.3 is 0 Å². The number of nitrogens with zero attached hydrogens (tertiary/aromatic N) is 1. The van der Waals surface area contributed by atoms with Crippen molar-refractivity contribution in [3.8, 4) is 0 Å². The van der Waals surface area contributed by atoms with Crippen molar-refractivity contribution in [1.29, 1.82) is 0 Å². The molecule has 0 spiro atoms. The van der Waals surface area contributed by atoms with Crippen molar-refractivity contribution < 1.29 is 13.6 Å². The highest BCUT2D eigenvalue weighted by atomic mass is 19.3. The molecule has 1 heterocycles. The molecule has 0 aromatic carbocycles. The Morgan fingerprint density at radius 1 is 1.18 bits per heavy atom. The summed E-state index contributed by atoms with van der Waals surface area (Å²) in [6, 6.07) is 3.17. The molecule has 0 aliphatic heterocycles. The van der Waals surface area contributed by atoms with E-state index in [1.165, 1.54) is 31.7 Å². The number of hydrogen-bond donors (Lipinski definition) is 0.